The second-order valence-corrected chi connectivity index (χ2v) is 6.23. The van der Waals surface area contributed by atoms with Gasteiger partial charge >= 0.3 is 0 Å². The molecule has 1 saturated heterocycles. The summed E-state index contributed by atoms with van der Waals surface area (Å²) in [5.41, 5.74) is 0.451. The Morgan fingerprint density at radius 2 is 2.00 bits per heavy atom. The van der Waals surface area contributed by atoms with E-state index in [9.17, 15) is 9.18 Å². The van der Waals surface area contributed by atoms with E-state index in [2.05, 4.69) is 15.9 Å². The number of rotatable bonds is 3. The normalized spacial score (nSPS) is 30.6. The van der Waals surface area contributed by atoms with Gasteiger partial charge in [0.2, 0.25) is 0 Å². The SMILES string of the molecule is CC1OC(C)C(C(=O)Cc2ccc(Br)cc2F)C1C. The van der Waals surface area contributed by atoms with E-state index < -0.39 is 0 Å². The van der Waals surface area contributed by atoms with Gasteiger partial charge in [0, 0.05) is 16.8 Å². The second kappa shape index (κ2) is 5.71. The minimum Gasteiger partial charge on any atom is -0.375 e. The fraction of sp³-hybridized carbons (Fsp3) is 0.533. The van der Waals surface area contributed by atoms with Crippen molar-refractivity contribution in [2.24, 2.45) is 11.8 Å². The van der Waals surface area contributed by atoms with Gasteiger partial charge in [-0.15, -0.1) is 0 Å². The van der Waals surface area contributed by atoms with Gasteiger partial charge in [-0.1, -0.05) is 28.9 Å². The number of halogens is 2. The molecule has 0 radical (unpaired) electrons. The summed E-state index contributed by atoms with van der Waals surface area (Å²) in [6.07, 6.45) is 0.129. The fourth-order valence-electron chi connectivity index (χ4n) is 2.79. The van der Waals surface area contributed by atoms with Crippen molar-refractivity contribution in [3.63, 3.8) is 0 Å². The number of hydrogen-bond acceptors (Lipinski definition) is 2. The molecule has 2 rings (SSSR count). The number of hydrogen-bond donors (Lipinski definition) is 0. The molecule has 4 unspecified atom stereocenters. The zero-order valence-electron chi connectivity index (χ0n) is 11.3. The van der Waals surface area contributed by atoms with Crippen molar-refractivity contribution in [2.75, 3.05) is 0 Å². The standard InChI is InChI=1S/C15H18BrFO2/c1-8-9(2)19-10(3)15(8)14(18)6-11-4-5-12(16)7-13(11)17/h4-5,7-10,15H,6H2,1-3H3. The van der Waals surface area contributed by atoms with E-state index in [-0.39, 0.29) is 42.1 Å². The van der Waals surface area contributed by atoms with Crippen LogP contribution in [0.1, 0.15) is 26.3 Å². The summed E-state index contributed by atoms with van der Waals surface area (Å²) in [7, 11) is 0. The van der Waals surface area contributed by atoms with Gasteiger partial charge in [0.25, 0.3) is 0 Å². The highest BCUT2D eigenvalue weighted by Crippen LogP contribution is 2.33. The molecular formula is C15H18BrFO2. The highest BCUT2D eigenvalue weighted by molar-refractivity contribution is 9.10. The van der Waals surface area contributed by atoms with E-state index in [0.29, 0.717) is 10.0 Å². The van der Waals surface area contributed by atoms with Crippen molar-refractivity contribution in [2.45, 2.75) is 39.4 Å². The van der Waals surface area contributed by atoms with Gasteiger partial charge in [0.15, 0.2) is 0 Å². The van der Waals surface area contributed by atoms with Gasteiger partial charge in [-0.3, -0.25) is 4.79 Å². The van der Waals surface area contributed by atoms with Crippen molar-refractivity contribution in [1.29, 1.82) is 0 Å². The fourth-order valence-corrected chi connectivity index (χ4v) is 3.13. The molecule has 1 fully saturated rings. The average molecular weight is 329 g/mol. The molecule has 0 bridgehead atoms. The van der Waals surface area contributed by atoms with Crippen LogP contribution in [0.25, 0.3) is 0 Å². The smallest absolute Gasteiger partial charge is 0.143 e. The molecule has 0 N–H and O–H groups in total. The predicted octanol–water partition coefficient (Wildman–Crippen LogP) is 3.76. The van der Waals surface area contributed by atoms with Gasteiger partial charge < -0.3 is 4.74 Å². The van der Waals surface area contributed by atoms with Crippen molar-refractivity contribution in [3.05, 3.63) is 34.1 Å². The monoisotopic (exact) mass is 328 g/mol. The average Bonchev–Trinajstić information content (AvgIpc) is 2.57. The first kappa shape index (κ1) is 14.7. The molecule has 104 valence electrons. The molecule has 1 aliphatic rings. The molecule has 1 aromatic rings. The Kier molecular flexibility index (Phi) is 4.41. The molecular weight excluding hydrogens is 311 g/mol. The first-order valence-electron chi connectivity index (χ1n) is 6.52. The number of ether oxygens (including phenoxy) is 1. The van der Waals surface area contributed by atoms with Crippen molar-refractivity contribution >= 4 is 21.7 Å². The Hall–Kier alpha value is -0.740. The van der Waals surface area contributed by atoms with Gasteiger partial charge in [0.05, 0.1) is 12.2 Å². The van der Waals surface area contributed by atoms with Gasteiger partial charge in [0.1, 0.15) is 11.6 Å². The number of Topliss-reactive ketones (excluding diaryl/α,β-unsaturated/α-hetero) is 1. The van der Waals surface area contributed by atoms with Crippen LogP contribution in [0.5, 0.6) is 0 Å². The highest BCUT2D eigenvalue weighted by Gasteiger charge is 2.41. The number of benzene rings is 1. The van der Waals surface area contributed by atoms with Gasteiger partial charge in [-0.2, -0.15) is 0 Å². The molecule has 19 heavy (non-hydrogen) atoms. The van der Waals surface area contributed by atoms with Crippen LogP contribution in [0.4, 0.5) is 4.39 Å². The molecule has 0 saturated carbocycles. The molecule has 1 heterocycles. The number of carbonyl (C=O) groups excluding carboxylic acids is 1. The van der Waals surface area contributed by atoms with E-state index in [1.165, 1.54) is 6.07 Å². The minimum absolute atomic E-state index is 0.0607. The van der Waals surface area contributed by atoms with Crippen LogP contribution in [-0.4, -0.2) is 18.0 Å². The van der Waals surface area contributed by atoms with E-state index in [1.54, 1.807) is 12.1 Å². The number of ketones is 1. The zero-order valence-corrected chi connectivity index (χ0v) is 12.9. The first-order valence-corrected chi connectivity index (χ1v) is 7.31. The van der Waals surface area contributed by atoms with Crippen molar-refractivity contribution < 1.29 is 13.9 Å². The minimum atomic E-state index is -0.338. The molecule has 2 nitrogen and oxygen atoms in total. The molecule has 0 amide bonds. The Morgan fingerprint density at radius 1 is 1.32 bits per heavy atom. The largest absolute Gasteiger partial charge is 0.375 e. The quantitative estimate of drug-likeness (QED) is 0.844. The molecule has 4 atom stereocenters. The van der Waals surface area contributed by atoms with E-state index in [4.69, 9.17) is 4.74 Å². The second-order valence-electron chi connectivity index (χ2n) is 5.31. The maximum absolute atomic E-state index is 13.8. The van der Waals surface area contributed by atoms with Crippen LogP contribution in [0.3, 0.4) is 0 Å². The third-order valence-electron chi connectivity index (χ3n) is 3.99. The molecule has 0 aliphatic carbocycles. The van der Waals surface area contributed by atoms with Crippen molar-refractivity contribution in [1.82, 2.24) is 0 Å². The number of carbonyl (C=O) groups is 1. The lowest BCUT2D eigenvalue weighted by Gasteiger charge is -2.17. The maximum atomic E-state index is 13.8. The highest BCUT2D eigenvalue weighted by atomic mass is 79.9. The van der Waals surface area contributed by atoms with Crippen LogP contribution < -0.4 is 0 Å². The van der Waals surface area contributed by atoms with E-state index in [1.807, 2.05) is 20.8 Å². The van der Waals surface area contributed by atoms with Crippen molar-refractivity contribution in [3.8, 4) is 0 Å². The molecule has 0 aromatic heterocycles. The summed E-state index contributed by atoms with van der Waals surface area (Å²) in [6.45, 7) is 5.92. The predicted molar refractivity (Wildman–Crippen MR) is 75.5 cm³/mol. The molecule has 0 spiro atoms. The maximum Gasteiger partial charge on any atom is 0.143 e. The first-order chi connectivity index (χ1) is 8.90. The summed E-state index contributed by atoms with van der Waals surface area (Å²) in [5.74, 6) is -0.236. The molecule has 1 aliphatic heterocycles. The Balaban J connectivity index is 2.13. The lowest BCUT2D eigenvalue weighted by Crippen LogP contribution is -2.28. The van der Waals surface area contributed by atoms with E-state index in [0.717, 1.165) is 0 Å². The molecule has 4 heteroatoms. The summed E-state index contributed by atoms with van der Waals surface area (Å²) in [6, 6.07) is 4.81. The van der Waals surface area contributed by atoms with Crippen LogP contribution in [0.2, 0.25) is 0 Å². The van der Waals surface area contributed by atoms with Crippen LogP contribution >= 0.6 is 15.9 Å². The summed E-state index contributed by atoms with van der Waals surface area (Å²) < 4.78 is 20.1. The van der Waals surface area contributed by atoms with Gasteiger partial charge in [-0.25, -0.2) is 4.39 Å². The zero-order chi connectivity index (χ0) is 14.2. The lowest BCUT2D eigenvalue weighted by molar-refractivity contribution is -0.124. The topological polar surface area (TPSA) is 26.3 Å². The Bertz CT molecular complexity index is 489. The van der Waals surface area contributed by atoms with E-state index >= 15 is 0 Å². The summed E-state index contributed by atoms with van der Waals surface area (Å²) in [5, 5.41) is 0. The molecule has 1 aromatic carbocycles. The lowest BCUT2D eigenvalue weighted by atomic mass is 9.84. The summed E-state index contributed by atoms with van der Waals surface area (Å²) >= 11 is 3.21. The van der Waals surface area contributed by atoms with Crippen LogP contribution in [0.15, 0.2) is 22.7 Å². The van der Waals surface area contributed by atoms with Crippen LogP contribution in [-0.2, 0) is 16.0 Å². The third-order valence-corrected chi connectivity index (χ3v) is 4.49. The van der Waals surface area contributed by atoms with Gasteiger partial charge in [-0.05, 0) is 37.5 Å². The summed E-state index contributed by atoms with van der Waals surface area (Å²) in [4.78, 5) is 12.4. The third kappa shape index (κ3) is 3.06. The Labute approximate surface area is 121 Å². The van der Waals surface area contributed by atoms with Crippen LogP contribution in [0, 0.1) is 17.7 Å². The Morgan fingerprint density at radius 3 is 2.53 bits per heavy atom.